The highest BCUT2D eigenvalue weighted by molar-refractivity contribution is 8.00. The lowest BCUT2D eigenvalue weighted by Gasteiger charge is -2.27. The van der Waals surface area contributed by atoms with Gasteiger partial charge in [-0.3, -0.25) is 14.6 Å². The number of pyridine rings is 1. The highest BCUT2D eigenvalue weighted by Gasteiger charge is 2.34. The molecule has 106 valence electrons. The van der Waals surface area contributed by atoms with E-state index in [2.05, 4.69) is 26.0 Å². The molecule has 0 radical (unpaired) electrons. The third kappa shape index (κ3) is 2.54. The van der Waals surface area contributed by atoms with Gasteiger partial charge in [0.25, 0.3) is 0 Å². The summed E-state index contributed by atoms with van der Waals surface area (Å²) >= 11 is 7.37. The summed E-state index contributed by atoms with van der Waals surface area (Å²) < 4.78 is 3.09. The summed E-state index contributed by atoms with van der Waals surface area (Å²) in [5.41, 5.74) is 0.870. The van der Waals surface area contributed by atoms with Crippen LogP contribution in [-0.2, 0) is 6.54 Å². The number of H-pyrrole nitrogens is 1. The molecule has 3 rings (SSSR count). The molecular weight excluding hydrogens is 288 g/mol. The summed E-state index contributed by atoms with van der Waals surface area (Å²) in [6.07, 6.45) is 9.12. The molecule has 1 saturated carbocycles. The quantitative estimate of drug-likeness (QED) is 0.875. The number of thioether (sulfide) groups is 1. The molecule has 0 aliphatic heterocycles. The first-order valence-corrected chi connectivity index (χ1v) is 8.49. The first kappa shape index (κ1) is 13.8. The smallest absolute Gasteiger partial charge is 0.195 e. The molecule has 2 heterocycles. The van der Waals surface area contributed by atoms with Crippen LogP contribution in [0.1, 0.15) is 25.7 Å². The Morgan fingerprint density at radius 2 is 2.20 bits per heavy atom. The van der Waals surface area contributed by atoms with E-state index in [0.29, 0.717) is 9.52 Å². The molecule has 6 heteroatoms. The highest BCUT2D eigenvalue weighted by atomic mass is 32.2. The van der Waals surface area contributed by atoms with Gasteiger partial charge in [-0.05, 0) is 43.4 Å². The average molecular weight is 306 g/mol. The van der Waals surface area contributed by atoms with Crippen LogP contribution in [-0.4, -0.2) is 30.8 Å². The first-order chi connectivity index (χ1) is 9.74. The van der Waals surface area contributed by atoms with Crippen molar-refractivity contribution >= 4 is 24.0 Å². The highest BCUT2D eigenvalue weighted by Crippen LogP contribution is 2.42. The standard InChI is InChI=1S/C14H18N4S2/c1-20-14(7-3-4-8-14)10-18-12(16-17-13(18)19)11-6-2-5-9-15-11/h2,5-6,9H,3-4,7-8,10H2,1H3,(H,17,19). The number of nitrogens with one attached hydrogen (secondary N) is 1. The van der Waals surface area contributed by atoms with Crippen LogP contribution in [0.2, 0.25) is 0 Å². The second-order valence-corrected chi connectivity index (χ2v) is 6.91. The zero-order chi connectivity index (χ0) is 14.0. The minimum absolute atomic E-state index is 0.297. The van der Waals surface area contributed by atoms with E-state index in [4.69, 9.17) is 12.2 Å². The van der Waals surface area contributed by atoms with Gasteiger partial charge in [0.15, 0.2) is 10.6 Å². The number of rotatable bonds is 4. The molecular formula is C14H18N4S2. The molecule has 1 aliphatic carbocycles. The lowest BCUT2D eigenvalue weighted by molar-refractivity contribution is 0.504. The van der Waals surface area contributed by atoms with E-state index in [1.165, 1.54) is 25.7 Å². The fourth-order valence-corrected chi connectivity index (χ4v) is 4.04. The SMILES string of the molecule is CSC1(Cn2c(-c3ccccn3)n[nH]c2=S)CCCC1. The molecule has 0 spiro atoms. The normalized spacial score (nSPS) is 17.4. The maximum Gasteiger partial charge on any atom is 0.195 e. The van der Waals surface area contributed by atoms with Crippen molar-refractivity contribution < 1.29 is 0 Å². The van der Waals surface area contributed by atoms with Gasteiger partial charge in [-0.15, -0.1) is 0 Å². The van der Waals surface area contributed by atoms with E-state index >= 15 is 0 Å². The summed E-state index contributed by atoms with van der Waals surface area (Å²) in [7, 11) is 0. The van der Waals surface area contributed by atoms with Gasteiger partial charge in [0, 0.05) is 17.5 Å². The predicted octanol–water partition coefficient (Wildman–Crippen LogP) is 3.68. The molecule has 4 nitrogen and oxygen atoms in total. The molecule has 1 fully saturated rings. The molecule has 2 aromatic rings. The molecule has 0 atom stereocenters. The van der Waals surface area contributed by atoms with Gasteiger partial charge in [0.05, 0.1) is 0 Å². The Kier molecular flexibility index (Phi) is 3.94. The Morgan fingerprint density at radius 3 is 2.85 bits per heavy atom. The van der Waals surface area contributed by atoms with Crippen LogP contribution >= 0.6 is 24.0 Å². The van der Waals surface area contributed by atoms with Crippen LogP contribution in [0.4, 0.5) is 0 Å². The Bertz CT molecular complexity index is 626. The number of hydrogen-bond acceptors (Lipinski definition) is 4. The Morgan fingerprint density at radius 1 is 1.40 bits per heavy atom. The van der Waals surface area contributed by atoms with E-state index in [9.17, 15) is 0 Å². The molecule has 1 aliphatic rings. The summed E-state index contributed by atoms with van der Waals surface area (Å²) in [6, 6.07) is 5.86. The number of aromatic nitrogens is 4. The predicted molar refractivity (Wildman–Crippen MR) is 85.4 cm³/mol. The number of nitrogens with zero attached hydrogens (tertiary/aromatic N) is 3. The average Bonchev–Trinajstić information content (AvgIpc) is 3.09. The number of hydrogen-bond donors (Lipinski definition) is 1. The zero-order valence-corrected chi connectivity index (χ0v) is 13.1. The van der Waals surface area contributed by atoms with Crippen molar-refractivity contribution in [3.05, 3.63) is 29.2 Å². The van der Waals surface area contributed by atoms with E-state index in [1.807, 2.05) is 30.0 Å². The molecule has 2 aromatic heterocycles. The van der Waals surface area contributed by atoms with E-state index in [-0.39, 0.29) is 0 Å². The third-order valence-corrected chi connectivity index (χ3v) is 5.76. The van der Waals surface area contributed by atoms with Crippen LogP contribution < -0.4 is 0 Å². The summed E-state index contributed by atoms with van der Waals surface area (Å²) in [4.78, 5) is 4.39. The topological polar surface area (TPSA) is 46.5 Å². The molecule has 0 unspecified atom stereocenters. The van der Waals surface area contributed by atoms with Crippen LogP contribution in [0.25, 0.3) is 11.5 Å². The summed E-state index contributed by atoms with van der Waals surface area (Å²) in [5.74, 6) is 0.843. The lowest BCUT2D eigenvalue weighted by Crippen LogP contribution is -2.27. The van der Waals surface area contributed by atoms with Crippen LogP contribution in [0.5, 0.6) is 0 Å². The lowest BCUT2D eigenvalue weighted by atomic mass is 10.1. The van der Waals surface area contributed by atoms with Crippen molar-refractivity contribution in [2.45, 2.75) is 37.0 Å². The molecule has 0 saturated heterocycles. The number of aromatic amines is 1. The van der Waals surface area contributed by atoms with E-state index in [0.717, 1.165) is 18.1 Å². The molecule has 0 bridgehead atoms. The van der Waals surface area contributed by atoms with E-state index < -0.39 is 0 Å². The second-order valence-electron chi connectivity index (χ2n) is 5.25. The van der Waals surface area contributed by atoms with Crippen molar-refractivity contribution in [3.8, 4) is 11.5 Å². The van der Waals surface area contributed by atoms with Gasteiger partial charge in [-0.1, -0.05) is 18.9 Å². The van der Waals surface area contributed by atoms with Gasteiger partial charge in [-0.25, -0.2) is 0 Å². The monoisotopic (exact) mass is 306 g/mol. The largest absolute Gasteiger partial charge is 0.297 e. The maximum atomic E-state index is 5.41. The second kappa shape index (κ2) is 5.69. The van der Waals surface area contributed by atoms with Gasteiger partial charge in [0.2, 0.25) is 0 Å². The fourth-order valence-electron chi connectivity index (χ4n) is 2.89. The molecule has 20 heavy (non-hydrogen) atoms. The van der Waals surface area contributed by atoms with Crippen molar-refractivity contribution in [2.75, 3.05) is 6.26 Å². The van der Waals surface area contributed by atoms with Gasteiger partial charge in [-0.2, -0.15) is 16.9 Å². The maximum absolute atomic E-state index is 5.41. The van der Waals surface area contributed by atoms with Crippen LogP contribution in [0.3, 0.4) is 0 Å². The van der Waals surface area contributed by atoms with Crippen molar-refractivity contribution in [3.63, 3.8) is 0 Å². The first-order valence-electron chi connectivity index (χ1n) is 6.86. The Labute approximate surface area is 128 Å². The molecule has 0 amide bonds. The van der Waals surface area contributed by atoms with Crippen molar-refractivity contribution in [1.29, 1.82) is 0 Å². The van der Waals surface area contributed by atoms with Crippen molar-refractivity contribution in [2.24, 2.45) is 0 Å². The van der Waals surface area contributed by atoms with E-state index in [1.54, 1.807) is 6.20 Å². The van der Waals surface area contributed by atoms with Gasteiger partial charge >= 0.3 is 0 Å². The Hall–Kier alpha value is -1.14. The molecule has 1 N–H and O–H groups in total. The van der Waals surface area contributed by atoms with Gasteiger partial charge < -0.3 is 0 Å². The Balaban J connectivity index is 1.98. The van der Waals surface area contributed by atoms with Crippen LogP contribution in [0, 0.1) is 4.77 Å². The molecule has 0 aromatic carbocycles. The minimum Gasteiger partial charge on any atom is -0.297 e. The zero-order valence-electron chi connectivity index (χ0n) is 11.5. The minimum atomic E-state index is 0.297. The van der Waals surface area contributed by atoms with Crippen LogP contribution in [0.15, 0.2) is 24.4 Å². The summed E-state index contributed by atoms with van der Waals surface area (Å²) in [5, 5.41) is 7.28. The summed E-state index contributed by atoms with van der Waals surface area (Å²) in [6.45, 7) is 0.912. The fraction of sp³-hybridized carbons (Fsp3) is 0.500. The third-order valence-electron chi connectivity index (χ3n) is 4.05. The van der Waals surface area contributed by atoms with Gasteiger partial charge in [0.1, 0.15) is 5.69 Å². The van der Waals surface area contributed by atoms with Crippen molar-refractivity contribution in [1.82, 2.24) is 19.7 Å².